The Hall–Kier alpha value is -3.19. The van der Waals surface area contributed by atoms with Crippen molar-refractivity contribution in [2.75, 3.05) is 5.32 Å². The van der Waals surface area contributed by atoms with Crippen LogP contribution < -0.4 is 5.32 Å². The van der Waals surface area contributed by atoms with Gasteiger partial charge >= 0.3 is 0 Å². The second-order valence-corrected chi connectivity index (χ2v) is 5.20. The number of nitro benzene ring substituents is 1. The molecule has 0 unspecified atom stereocenters. The average molecular weight is 344 g/mol. The van der Waals surface area contributed by atoms with E-state index in [9.17, 15) is 14.9 Å². The molecule has 0 radical (unpaired) electrons. The predicted molar refractivity (Wildman–Crippen MR) is 89.8 cm³/mol. The van der Waals surface area contributed by atoms with Crippen molar-refractivity contribution >= 4 is 45.9 Å². The van der Waals surface area contributed by atoms with Gasteiger partial charge in [0.25, 0.3) is 5.69 Å². The summed E-state index contributed by atoms with van der Waals surface area (Å²) in [5.74, 6) is 0.121. The zero-order valence-corrected chi connectivity index (χ0v) is 12.9. The maximum absolute atomic E-state index is 11.3. The molecule has 120 valence electrons. The highest BCUT2D eigenvalue weighted by Gasteiger charge is 2.15. The molecule has 7 nitrogen and oxygen atoms in total. The Labute approximate surface area is 140 Å². The number of rotatable bonds is 5. The van der Waals surface area contributed by atoms with Gasteiger partial charge in [0.05, 0.1) is 10.5 Å². The molecule has 0 aliphatic rings. The largest absolute Gasteiger partial charge is 0.436 e. The van der Waals surface area contributed by atoms with Gasteiger partial charge < -0.3 is 9.73 Å². The van der Waals surface area contributed by atoms with E-state index in [-0.39, 0.29) is 27.9 Å². The molecule has 0 saturated heterocycles. The number of hydrogen-bond acceptors (Lipinski definition) is 6. The number of hydrogen-bond donors (Lipinski definition) is 1. The molecule has 1 aromatic heterocycles. The predicted octanol–water partition coefficient (Wildman–Crippen LogP) is 4.04. The maximum atomic E-state index is 11.3. The van der Waals surface area contributed by atoms with E-state index in [1.54, 1.807) is 24.3 Å². The van der Waals surface area contributed by atoms with Gasteiger partial charge in [-0.3, -0.25) is 14.9 Å². The molecule has 3 aromatic rings. The van der Waals surface area contributed by atoms with E-state index < -0.39 is 4.92 Å². The molecule has 1 heterocycles. The van der Waals surface area contributed by atoms with E-state index in [0.717, 1.165) is 0 Å². The van der Waals surface area contributed by atoms with Gasteiger partial charge in [-0.15, -0.1) is 0 Å². The normalized spacial score (nSPS) is 11.5. The fraction of sp³-hybridized carbons (Fsp3) is 0. The maximum Gasteiger partial charge on any atom is 0.294 e. The lowest BCUT2D eigenvalue weighted by atomic mass is 10.2. The van der Waals surface area contributed by atoms with Crippen molar-refractivity contribution in [2.24, 2.45) is 0 Å². The van der Waals surface area contributed by atoms with E-state index in [2.05, 4.69) is 10.3 Å². The highest BCUT2D eigenvalue weighted by molar-refractivity contribution is 6.30. The van der Waals surface area contributed by atoms with Crippen molar-refractivity contribution in [2.45, 2.75) is 0 Å². The number of benzene rings is 2. The van der Waals surface area contributed by atoms with E-state index in [4.69, 9.17) is 16.0 Å². The Morgan fingerprint density at radius 3 is 2.79 bits per heavy atom. The molecule has 0 spiro atoms. The minimum absolute atomic E-state index is 0.121. The first-order chi connectivity index (χ1) is 11.6. The van der Waals surface area contributed by atoms with Crippen LogP contribution in [0.1, 0.15) is 5.89 Å². The molecule has 0 amide bonds. The van der Waals surface area contributed by atoms with Crippen LogP contribution in [0.3, 0.4) is 0 Å². The molecule has 0 bridgehead atoms. The molecular formula is C16H10ClN3O4. The second-order valence-electron chi connectivity index (χ2n) is 4.77. The number of nitrogens with one attached hydrogen (secondary N) is 1. The second kappa shape index (κ2) is 6.51. The molecule has 0 aliphatic carbocycles. The fourth-order valence-electron chi connectivity index (χ4n) is 2.08. The summed E-state index contributed by atoms with van der Waals surface area (Å²) in [5, 5.41) is 14.0. The summed E-state index contributed by atoms with van der Waals surface area (Å²) in [6.45, 7) is 0. The number of allylic oxidation sites excluding steroid dienone is 1. The Bertz CT molecular complexity index is 932. The summed E-state index contributed by atoms with van der Waals surface area (Å²) in [6, 6.07) is 11.2. The third-order valence-electron chi connectivity index (χ3n) is 3.21. The number of oxazole rings is 1. The number of aldehydes is 1. The number of nitro groups is 1. The summed E-state index contributed by atoms with van der Waals surface area (Å²) in [4.78, 5) is 26.0. The fourth-order valence-corrected chi connectivity index (χ4v) is 2.24. The van der Waals surface area contributed by atoms with Gasteiger partial charge in [0.15, 0.2) is 11.9 Å². The van der Waals surface area contributed by atoms with Crippen molar-refractivity contribution < 1.29 is 14.1 Å². The van der Waals surface area contributed by atoms with Gasteiger partial charge in [-0.1, -0.05) is 23.7 Å². The van der Waals surface area contributed by atoms with E-state index in [0.29, 0.717) is 17.4 Å². The van der Waals surface area contributed by atoms with Gasteiger partial charge in [-0.25, -0.2) is 4.98 Å². The lowest BCUT2D eigenvalue weighted by Crippen LogP contribution is -1.98. The molecule has 0 aliphatic heterocycles. The molecule has 0 fully saturated rings. The van der Waals surface area contributed by atoms with Gasteiger partial charge in [-0.2, -0.15) is 0 Å². The van der Waals surface area contributed by atoms with Crippen molar-refractivity contribution in [1.29, 1.82) is 0 Å². The van der Waals surface area contributed by atoms with Crippen LogP contribution in [-0.2, 0) is 4.79 Å². The minimum atomic E-state index is -0.567. The average Bonchev–Trinajstić information content (AvgIpc) is 3.00. The lowest BCUT2D eigenvalue weighted by Gasteiger charge is -2.03. The number of fused-ring (bicyclic) bond motifs is 1. The van der Waals surface area contributed by atoms with Crippen LogP contribution in [0.15, 0.2) is 53.1 Å². The quantitative estimate of drug-likeness (QED) is 0.325. The Morgan fingerprint density at radius 1 is 1.29 bits per heavy atom. The number of aromatic nitrogens is 1. The first kappa shape index (κ1) is 15.7. The van der Waals surface area contributed by atoms with Gasteiger partial charge in [0, 0.05) is 17.3 Å². The number of carbonyl (C=O) groups excluding carboxylic acids is 1. The zero-order valence-electron chi connectivity index (χ0n) is 12.1. The van der Waals surface area contributed by atoms with Crippen molar-refractivity contribution in [3.63, 3.8) is 0 Å². The zero-order chi connectivity index (χ0) is 17.1. The molecule has 1 N–H and O–H groups in total. The monoisotopic (exact) mass is 343 g/mol. The molecular weight excluding hydrogens is 334 g/mol. The van der Waals surface area contributed by atoms with Crippen LogP contribution in [0.5, 0.6) is 0 Å². The smallest absolute Gasteiger partial charge is 0.294 e. The molecule has 0 saturated carbocycles. The number of nitrogens with zero attached hydrogens (tertiary/aromatic N) is 2. The standard InChI is InChI=1S/C16H10ClN3O4/c17-11-5-6-12(14(7-11)20(22)23)18-8-10(9-21)16-19-13-3-1-2-4-15(13)24-16/h1-9,18H/b10-8+. The van der Waals surface area contributed by atoms with Crippen LogP contribution in [-0.4, -0.2) is 16.2 Å². The van der Waals surface area contributed by atoms with E-state index in [1.165, 1.54) is 24.4 Å². The van der Waals surface area contributed by atoms with Crippen molar-refractivity contribution in [1.82, 2.24) is 4.98 Å². The summed E-state index contributed by atoms with van der Waals surface area (Å²) in [6.07, 6.45) is 1.85. The highest BCUT2D eigenvalue weighted by atomic mass is 35.5. The van der Waals surface area contributed by atoms with Crippen LogP contribution in [0.2, 0.25) is 5.02 Å². The first-order valence-electron chi connectivity index (χ1n) is 6.80. The summed E-state index contributed by atoms with van der Waals surface area (Å²) in [5.41, 5.74) is 1.26. The van der Waals surface area contributed by atoms with Crippen molar-refractivity contribution in [3.05, 3.63) is 69.7 Å². The number of carbonyl (C=O) groups is 1. The summed E-state index contributed by atoms with van der Waals surface area (Å²) in [7, 11) is 0. The first-order valence-corrected chi connectivity index (χ1v) is 7.18. The van der Waals surface area contributed by atoms with Crippen LogP contribution in [0.4, 0.5) is 11.4 Å². The number of para-hydroxylation sites is 2. The van der Waals surface area contributed by atoms with Crippen LogP contribution in [0, 0.1) is 10.1 Å². The Morgan fingerprint density at radius 2 is 2.08 bits per heavy atom. The van der Waals surface area contributed by atoms with Gasteiger partial charge in [0.2, 0.25) is 5.89 Å². The highest BCUT2D eigenvalue weighted by Crippen LogP contribution is 2.28. The van der Waals surface area contributed by atoms with Crippen LogP contribution in [0.25, 0.3) is 16.7 Å². The SMILES string of the molecule is O=C/C(=C\Nc1ccc(Cl)cc1[N+](=O)[O-])c1nc2ccccc2o1. The molecule has 2 aromatic carbocycles. The molecule has 0 atom stereocenters. The van der Waals surface area contributed by atoms with Crippen molar-refractivity contribution in [3.8, 4) is 0 Å². The topological polar surface area (TPSA) is 98.3 Å². The third-order valence-corrected chi connectivity index (χ3v) is 3.44. The van der Waals surface area contributed by atoms with Gasteiger partial charge in [0.1, 0.15) is 11.2 Å². The third kappa shape index (κ3) is 3.11. The summed E-state index contributed by atoms with van der Waals surface area (Å²) < 4.78 is 5.50. The summed E-state index contributed by atoms with van der Waals surface area (Å²) >= 11 is 5.76. The van der Waals surface area contributed by atoms with Gasteiger partial charge in [-0.05, 0) is 24.3 Å². The Balaban J connectivity index is 1.94. The number of halogens is 1. The number of anilines is 1. The Kier molecular flexibility index (Phi) is 4.26. The minimum Gasteiger partial charge on any atom is -0.436 e. The van der Waals surface area contributed by atoms with E-state index >= 15 is 0 Å². The molecule has 3 rings (SSSR count). The van der Waals surface area contributed by atoms with E-state index in [1.807, 2.05) is 0 Å². The van der Waals surface area contributed by atoms with Crippen LogP contribution >= 0.6 is 11.6 Å². The lowest BCUT2D eigenvalue weighted by molar-refractivity contribution is -0.383. The molecule has 24 heavy (non-hydrogen) atoms. The molecule has 8 heteroatoms.